The molecule has 0 spiro atoms. The van der Waals surface area contributed by atoms with Gasteiger partial charge in [-0.15, -0.1) is 0 Å². The average molecular weight is 358 g/mol. The van der Waals surface area contributed by atoms with Gasteiger partial charge in [-0.05, 0) is 34.7 Å². The zero-order chi connectivity index (χ0) is 18.8. The first kappa shape index (κ1) is 17.3. The van der Waals surface area contributed by atoms with E-state index in [2.05, 4.69) is 13.8 Å². The highest BCUT2D eigenvalue weighted by Gasteiger charge is 2.27. The Morgan fingerprint density at radius 1 is 0.963 bits per heavy atom. The minimum absolute atomic E-state index is 0.215. The Kier molecular flexibility index (Phi) is 4.68. The lowest BCUT2D eigenvalue weighted by Gasteiger charge is -2.24. The summed E-state index contributed by atoms with van der Waals surface area (Å²) in [5.41, 5.74) is 4.62. The molecule has 0 bridgehead atoms. The summed E-state index contributed by atoms with van der Waals surface area (Å²) in [5, 5.41) is 0. The normalized spacial score (nSPS) is 12.1. The predicted molar refractivity (Wildman–Crippen MR) is 105 cm³/mol. The van der Waals surface area contributed by atoms with Crippen molar-refractivity contribution in [2.45, 2.75) is 32.8 Å². The maximum Gasteiger partial charge on any atom is 0.339 e. The van der Waals surface area contributed by atoms with Crippen molar-refractivity contribution in [2.24, 2.45) is 0 Å². The molecule has 3 aromatic rings. The summed E-state index contributed by atoms with van der Waals surface area (Å²) in [6.45, 7) is 4.44. The van der Waals surface area contributed by atoms with Crippen molar-refractivity contribution in [3.63, 3.8) is 0 Å². The monoisotopic (exact) mass is 358 g/mol. The van der Waals surface area contributed by atoms with Crippen LogP contribution in [0.25, 0.3) is 0 Å². The number of para-hydroxylation sites is 1. The van der Waals surface area contributed by atoms with E-state index in [0.717, 1.165) is 33.8 Å². The van der Waals surface area contributed by atoms with Gasteiger partial charge in [-0.1, -0.05) is 68.4 Å². The maximum atomic E-state index is 13.0. The number of carbonyl (C=O) groups excluding carboxylic acids is 1. The van der Waals surface area contributed by atoms with Gasteiger partial charge in [0.2, 0.25) is 0 Å². The molecule has 0 N–H and O–H groups in total. The summed E-state index contributed by atoms with van der Waals surface area (Å²) < 4.78 is 11.7. The Balaban J connectivity index is 1.69. The van der Waals surface area contributed by atoms with Gasteiger partial charge in [0.15, 0.2) is 0 Å². The highest BCUT2D eigenvalue weighted by atomic mass is 16.5. The molecule has 0 fully saturated rings. The summed E-state index contributed by atoms with van der Waals surface area (Å²) in [6, 6.07) is 21.6. The van der Waals surface area contributed by atoms with E-state index in [-0.39, 0.29) is 18.5 Å². The smallest absolute Gasteiger partial charge is 0.339 e. The second-order valence-corrected chi connectivity index (χ2v) is 7.11. The SMILES string of the molecule is CC(C)c1ccc2c(c1C(=O)OCc1ccccc1)Cc1ccccc1O2. The Hall–Kier alpha value is -3.07. The maximum absolute atomic E-state index is 13.0. The van der Waals surface area contributed by atoms with Crippen LogP contribution in [0.15, 0.2) is 66.7 Å². The average Bonchev–Trinajstić information content (AvgIpc) is 2.70. The number of hydrogen-bond donors (Lipinski definition) is 0. The van der Waals surface area contributed by atoms with Crippen LogP contribution in [0.2, 0.25) is 0 Å². The molecular weight excluding hydrogens is 336 g/mol. The summed E-state index contributed by atoms with van der Waals surface area (Å²) in [5.74, 6) is 1.52. The number of carbonyl (C=O) groups is 1. The number of esters is 1. The van der Waals surface area contributed by atoms with E-state index in [0.29, 0.717) is 12.0 Å². The topological polar surface area (TPSA) is 35.5 Å². The zero-order valence-corrected chi connectivity index (χ0v) is 15.6. The molecule has 3 aromatic carbocycles. The molecule has 1 heterocycles. The van der Waals surface area contributed by atoms with E-state index in [4.69, 9.17) is 9.47 Å². The van der Waals surface area contributed by atoms with Crippen molar-refractivity contribution in [1.82, 2.24) is 0 Å². The summed E-state index contributed by atoms with van der Waals surface area (Å²) in [4.78, 5) is 13.0. The lowest BCUT2D eigenvalue weighted by atomic mass is 9.88. The van der Waals surface area contributed by atoms with E-state index in [1.807, 2.05) is 66.7 Å². The molecule has 0 aliphatic carbocycles. The molecule has 4 rings (SSSR count). The number of hydrogen-bond acceptors (Lipinski definition) is 3. The molecule has 0 saturated carbocycles. The molecule has 3 heteroatoms. The number of fused-ring (bicyclic) bond motifs is 2. The number of benzene rings is 3. The molecule has 0 aromatic heterocycles. The van der Waals surface area contributed by atoms with Crippen LogP contribution in [-0.4, -0.2) is 5.97 Å². The van der Waals surface area contributed by atoms with Gasteiger partial charge in [-0.25, -0.2) is 4.79 Å². The summed E-state index contributed by atoms with van der Waals surface area (Å²) in [7, 11) is 0. The first-order valence-corrected chi connectivity index (χ1v) is 9.26. The van der Waals surface area contributed by atoms with Gasteiger partial charge in [0.1, 0.15) is 18.1 Å². The third-order valence-electron chi connectivity index (χ3n) is 4.90. The van der Waals surface area contributed by atoms with Crippen LogP contribution in [0, 0.1) is 0 Å². The van der Waals surface area contributed by atoms with Crippen molar-refractivity contribution < 1.29 is 14.3 Å². The minimum atomic E-state index is -0.289. The Labute approximate surface area is 159 Å². The Morgan fingerprint density at radius 2 is 1.70 bits per heavy atom. The fourth-order valence-electron chi connectivity index (χ4n) is 3.49. The van der Waals surface area contributed by atoms with Crippen LogP contribution in [0.4, 0.5) is 0 Å². The molecule has 27 heavy (non-hydrogen) atoms. The van der Waals surface area contributed by atoms with Gasteiger partial charge in [0.05, 0.1) is 5.56 Å². The van der Waals surface area contributed by atoms with Crippen LogP contribution >= 0.6 is 0 Å². The molecule has 0 saturated heterocycles. The van der Waals surface area contributed by atoms with Crippen LogP contribution < -0.4 is 4.74 Å². The van der Waals surface area contributed by atoms with E-state index < -0.39 is 0 Å². The molecule has 0 radical (unpaired) electrons. The standard InChI is InChI=1S/C24H22O3/c1-16(2)19-12-13-22-20(14-18-10-6-7-11-21(18)27-22)23(19)24(25)26-15-17-8-4-3-5-9-17/h3-13,16H,14-15H2,1-2H3. The lowest BCUT2D eigenvalue weighted by molar-refractivity contribution is 0.0469. The second-order valence-electron chi connectivity index (χ2n) is 7.11. The minimum Gasteiger partial charge on any atom is -0.457 e. The van der Waals surface area contributed by atoms with Crippen molar-refractivity contribution in [3.8, 4) is 11.5 Å². The van der Waals surface area contributed by atoms with Crippen LogP contribution in [0.1, 0.15) is 52.4 Å². The molecule has 0 unspecified atom stereocenters. The van der Waals surface area contributed by atoms with E-state index in [9.17, 15) is 4.79 Å². The molecule has 3 nitrogen and oxygen atoms in total. The van der Waals surface area contributed by atoms with Gasteiger partial charge in [0.25, 0.3) is 0 Å². The van der Waals surface area contributed by atoms with Gasteiger partial charge >= 0.3 is 5.97 Å². The fraction of sp³-hybridized carbons (Fsp3) is 0.208. The lowest BCUT2D eigenvalue weighted by Crippen LogP contribution is -2.16. The number of ether oxygens (including phenoxy) is 2. The van der Waals surface area contributed by atoms with E-state index in [1.54, 1.807) is 0 Å². The molecular formula is C24H22O3. The Morgan fingerprint density at radius 3 is 2.48 bits per heavy atom. The predicted octanol–water partition coefficient (Wildman–Crippen LogP) is 5.86. The first-order valence-electron chi connectivity index (χ1n) is 9.26. The van der Waals surface area contributed by atoms with Gasteiger partial charge < -0.3 is 9.47 Å². The zero-order valence-electron chi connectivity index (χ0n) is 15.6. The van der Waals surface area contributed by atoms with E-state index >= 15 is 0 Å². The molecule has 0 atom stereocenters. The van der Waals surface area contributed by atoms with E-state index in [1.165, 1.54) is 0 Å². The van der Waals surface area contributed by atoms with Gasteiger partial charge in [0, 0.05) is 12.0 Å². The summed E-state index contributed by atoms with van der Waals surface area (Å²) >= 11 is 0. The van der Waals surface area contributed by atoms with Gasteiger partial charge in [-0.3, -0.25) is 0 Å². The number of rotatable bonds is 4. The largest absolute Gasteiger partial charge is 0.457 e. The van der Waals surface area contributed by atoms with Crippen molar-refractivity contribution in [3.05, 3.63) is 94.5 Å². The highest BCUT2D eigenvalue weighted by molar-refractivity contribution is 5.94. The van der Waals surface area contributed by atoms with Crippen LogP contribution in [0.3, 0.4) is 0 Å². The van der Waals surface area contributed by atoms with Crippen molar-refractivity contribution >= 4 is 5.97 Å². The first-order chi connectivity index (χ1) is 13.1. The second kappa shape index (κ2) is 7.28. The van der Waals surface area contributed by atoms with Crippen LogP contribution in [0.5, 0.6) is 11.5 Å². The highest BCUT2D eigenvalue weighted by Crippen LogP contribution is 2.40. The Bertz CT molecular complexity index is 974. The molecule has 0 amide bonds. The molecule has 1 aliphatic rings. The quantitative estimate of drug-likeness (QED) is 0.428. The third-order valence-corrected chi connectivity index (χ3v) is 4.90. The molecule has 1 aliphatic heterocycles. The third kappa shape index (κ3) is 3.45. The molecule has 136 valence electrons. The van der Waals surface area contributed by atoms with Crippen LogP contribution in [-0.2, 0) is 17.8 Å². The van der Waals surface area contributed by atoms with Crippen molar-refractivity contribution in [2.75, 3.05) is 0 Å². The van der Waals surface area contributed by atoms with Gasteiger partial charge in [-0.2, -0.15) is 0 Å². The van der Waals surface area contributed by atoms with Crippen molar-refractivity contribution in [1.29, 1.82) is 0 Å². The fourth-order valence-corrected chi connectivity index (χ4v) is 3.49. The summed E-state index contributed by atoms with van der Waals surface area (Å²) in [6.07, 6.45) is 0.668.